The van der Waals surface area contributed by atoms with Gasteiger partial charge in [-0.15, -0.1) is 0 Å². The van der Waals surface area contributed by atoms with Gasteiger partial charge in [0.1, 0.15) is 28.4 Å². The lowest BCUT2D eigenvalue weighted by molar-refractivity contribution is -0.385. The Labute approximate surface area is 199 Å². The van der Waals surface area contributed by atoms with Crippen LogP contribution in [0.4, 0.5) is 18.9 Å². The van der Waals surface area contributed by atoms with Gasteiger partial charge in [0.25, 0.3) is 11.4 Å². The van der Waals surface area contributed by atoms with Crippen molar-refractivity contribution < 1.29 is 41.5 Å². The van der Waals surface area contributed by atoms with Crippen molar-refractivity contribution in [1.29, 1.82) is 0 Å². The molecule has 184 valence electrons. The van der Waals surface area contributed by atoms with Gasteiger partial charge in [0, 0.05) is 12.1 Å². The van der Waals surface area contributed by atoms with Gasteiger partial charge in [-0.25, -0.2) is 4.79 Å². The van der Waals surface area contributed by atoms with Crippen LogP contribution in [0.15, 0.2) is 75.9 Å². The molecule has 12 heteroatoms. The van der Waals surface area contributed by atoms with E-state index in [1.807, 2.05) is 0 Å². The third kappa shape index (κ3) is 4.82. The molecular weight excluding hydrogens is 487 g/mol. The van der Waals surface area contributed by atoms with Crippen LogP contribution in [0.5, 0.6) is 23.0 Å². The van der Waals surface area contributed by atoms with E-state index in [0.717, 1.165) is 30.3 Å². The summed E-state index contributed by atoms with van der Waals surface area (Å²) in [5.74, 6) is -3.84. The van der Waals surface area contributed by atoms with Crippen molar-refractivity contribution in [2.24, 2.45) is 0 Å². The first-order valence-corrected chi connectivity index (χ1v) is 10.0. The van der Waals surface area contributed by atoms with Gasteiger partial charge >= 0.3 is 12.1 Å². The van der Waals surface area contributed by atoms with Crippen LogP contribution < -0.4 is 19.6 Å². The Balaban J connectivity index is 1.74. The molecule has 0 amide bonds. The minimum atomic E-state index is -5.10. The van der Waals surface area contributed by atoms with Crippen LogP contribution in [0.1, 0.15) is 16.1 Å². The number of hydrogen-bond donors (Lipinski definition) is 0. The molecule has 0 aliphatic carbocycles. The summed E-state index contributed by atoms with van der Waals surface area (Å²) in [6.45, 7) is 0. The molecule has 0 unspecified atom stereocenters. The number of carbonyl (C=O) groups is 1. The van der Waals surface area contributed by atoms with Crippen LogP contribution in [-0.4, -0.2) is 18.0 Å². The summed E-state index contributed by atoms with van der Waals surface area (Å²) in [5, 5.41) is 10.9. The standard InChI is InChI=1S/C24H14F3NO8/c1-33-13-6-8-14(9-7-13)34-21-20(29)17-11-10-15(12-19(17)36-22(21)24(25,26)27)35-23(30)16-4-2-3-5-18(16)28(31)32/h2-12H,1H3. The number of nitro groups is 1. The fraction of sp³-hybridized carbons (Fsp3) is 0.0833. The maximum Gasteiger partial charge on any atom is 0.453 e. The molecule has 1 aromatic heterocycles. The average molecular weight is 501 g/mol. The van der Waals surface area contributed by atoms with Crippen LogP contribution >= 0.6 is 0 Å². The van der Waals surface area contributed by atoms with Gasteiger partial charge in [0.15, 0.2) is 0 Å². The molecule has 0 bridgehead atoms. The fourth-order valence-corrected chi connectivity index (χ4v) is 3.23. The molecule has 0 radical (unpaired) electrons. The minimum Gasteiger partial charge on any atom is -0.497 e. The smallest absolute Gasteiger partial charge is 0.453 e. The highest BCUT2D eigenvalue weighted by Crippen LogP contribution is 2.39. The van der Waals surface area contributed by atoms with Crippen molar-refractivity contribution in [3.05, 3.63) is 98.4 Å². The van der Waals surface area contributed by atoms with E-state index in [1.165, 1.54) is 43.5 Å². The van der Waals surface area contributed by atoms with Gasteiger partial charge < -0.3 is 18.6 Å². The van der Waals surface area contributed by atoms with Crippen molar-refractivity contribution >= 4 is 22.6 Å². The van der Waals surface area contributed by atoms with Crippen molar-refractivity contribution in [1.82, 2.24) is 0 Å². The minimum absolute atomic E-state index is 0.0667. The number of ether oxygens (including phenoxy) is 3. The summed E-state index contributed by atoms with van der Waals surface area (Å²) >= 11 is 0. The van der Waals surface area contributed by atoms with Crippen LogP contribution in [0, 0.1) is 10.1 Å². The largest absolute Gasteiger partial charge is 0.497 e. The van der Waals surface area contributed by atoms with E-state index in [-0.39, 0.29) is 22.4 Å². The van der Waals surface area contributed by atoms with Gasteiger partial charge in [-0.3, -0.25) is 14.9 Å². The zero-order valence-corrected chi connectivity index (χ0v) is 18.2. The number of rotatable bonds is 6. The molecule has 9 nitrogen and oxygen atoms in total. The molecule has 0 saturated carbocycles. The first kappa shape index (κ1) is 24.3. The molecule has 0 aliphatic heterocycles. The zero-order chi connectivity index (χ0) is 26.0. The summed E-state index contributed by atoms with van der Waals surface area (Å²) in [7, 11) is 1.40. The summed E-state index contributed by atoms with van der Waals surface area (Å²) in [6, 6.07) is 13.6. The normalized spacial score (nSPS) is 11.2. The third-order valence-corrected chi connectivity index (χ3v) is 4.89. The number of carbonyl (C=O) groups excluding carboxylic acids is 1. The number of benzene rings is 3. The van der Waals surface area contributed by atoms with Crippen LogP contribution in [0.25, 0.3) is 11.0 Å². The number of para-hydroxylation sites is 1. The van der Waals surface area contributed by atoms with Gasteiger partial charge in [-0.05, 0) is 42.5 Å². The Kier molecular flexibility index (Phi) is 6.34. The Bertz CT molecular complexity index is 1530. The van der Waals surface area contributed by atoms with E-state index in [0.29, 0.717) is 5.75 Å². The monoisotopic (exact) mass is 501 g/mol. The molecule has 0 spiro atoms. The maximum atomic E-state index is 13.7. The highest BCUT2D eigenvalue weighted by atomic mass is 19.4. The van der Waals surface area contributed by atoms with E-state index in [9.17, 15) is 32.9 Å². The molecule has 4 aromatic rings. The Morgan fingerprint density at radius 1 is 0.972 bits per heavy atom. The van der Waals surface area contributed by atoms with Crippen LogP contribution in [0.3, 0.4) is 0 Å². The molecule has 3 aromatic carbocycles. The zero-order valence-electron chi connectivity index (χ0n) is 18.2. The Morgan fingerprint density at radius 2 is 1.61 bits per heavy atom. The van der Waals surface area contributed by atoms with Crippen molar-refractivity contribution in [3.8, 4) is 23.0 Å². The van der Waals surface area contributed by atoms with Gasteiger partial charge in [-0.1, -0.05) is 12.1 Å². The van der Waals surface area contributed by atoms with Gasteiger partial charge in [0.05, 0.1) is 17.4 Å². The fourth-order valence-electron chi connectivity index (χ4n) is 3.23. The van der Waals surface area contributed by atoms with E-state index in [4.69, 9.17) is 18.6 Å². The van der Waals surface area contributed by atoms with Crippen molar-refractivity contribution in [2.75, 3.05) is 7.11 Å². The number of fused-ring (bicyclic) bond motifs is 1. The van der Waals surface area contributed by atoms with Gasteiger partial charge in [-0.2, -0.15) is 13.2 Å². The first-order valence-electron chi connectivity index (χ1n) is 10.0. The molecule has 0 N–H and O–H groups in total. The summed E-state index contributed by atoms with van der Waals surface area (Å²) in [6.07, 6.45) is -5.10. The second-order valence-corrected chi connectivity index (χ2v) is 7.19. The topological polar surface area (TPSA) is 118 Å². The van der Waals surface area contributed by atoms with E-state index in [2.05, 4.69) is 0 Å². The lowest BCUT2D eigenvalue weighted by Crippen LogP contribution is -2.16. The highest BCUT2D eigenvalue weighted by Gasteiger charge is 2.40. The molecule has 0 aliphatic rings. The molecule has 4 rings (SSSR count). The molecular formula is C24H14F3NO8. The van der Waals surface area contributed by atoms with E-state index < -0.39 is 45.3 Å². The quantitative estimate of drug-likeness (QED) is 0.142. The molecule has 0 atom stereocenters. The van der Waals surface area contributed by atoms with Crippen LogP contribution in [0.2, 0.25) is 0 Å². The average Bonchev–Trinajstić information content (AvgIpc) is 2.85. The number of methoxy groups -OCH3 is 1. The SMILES string of the molecule is COc1ccc(Oc2c(C(F)(F)F)oc3cc(OC(=O)c4ccccc4[N+](=O)[O-])ccc3c2=O)cc1. The number of esters is 1. The summed E-state index contributed by atoms with van der Waals surface area (Å²) in [5.41, 5.74) is -2.55. The lowest BCUT2D eigenvalue weighted by Gasteiger charge is -2.14. The summed E-state index contributed by atoms with van der Waals surface area (Å²) < 4.78 is 61.5. The first-order chi connectivity index (χ1) is 17.1. The van der Waals surface area contributed by atoms with E-state index in [1.54, 1.807) is 0 Å². The second-order valence-electron chi connectivity index (χ2n) is 7.19. The second kappa shape index (κ2) is 9.41. The highest BCUT2D eigenvalue weighted by molar-refractivity contribution is 5.95. The summed E-state index contributed by atoms with van der Waals surface area (Å²) in [4.78, 5) is 35.7. The molecule has 0 fully saturated rings. The molecule has 36 heavy (non-hydrogen) atoms. The lowest BCUT2D eigenvalue weighted by atomic mass is 10.1. The van der Waals surface area contributed by atoms with Crippen molar-refractivity contribution in [3.63, 3.8) is 0 Å². The van der Waals surface area contributed by atoms with Crippen molar-refractivity contribution in [2.45, 2.75) is 6.18 Å². The van der Waals surface area contributed by atoms with Gasteiger partial charge in [0.2, 0.25) is 11.2 Å². The predicted octanol–water partition coefficient (Wildman–Crippen LogP) is 5.74. The molecule has 1 heterocycles. The Morgan fingerprint density at radius 3 is 2.25 bits per heavy atom. The molecule has 0 saturated heterocycles. The van der Waals surface area contributed by atoms with E-state index >= 15 is 0 Å². The number of hydrogen-bond acceptors (Lipinski definition) is 8. The number of nitro benzene ring substituents is 1. The Hall–Kier alpha value is -4.87. The number of halogens is 3. The van der Waals surface area contributed by atoms with Crippen LogP contribution in [-0.2, 0) is 6.18 Å². The maximum absolute atomic E-state index is 13.7. The number of alkyl halides is 3. The number of nitrogens with zero attached hydrogens (tertiary/aromatic N) is 1. The third-order valence-electron chi connectivity index (χ3n) is 4.89. The predicted molar refractivity (Wildman–Crippen MR) is 119 cm³/mol.